The normalized spacial score (nSPS) is 5.00. The van der Waals surface area contributed by atoms with E-state index < -0.39 is 5.30 Å². The Morgan fingerprint density at radius 3 is 1.80 bits per heavy atom. The molecule has 0 amide bonds. The summed E-state index contributed by atoms with van der Waals surface area (Å²) in [5, 5.41) is 6.14. The van der Waals surface area contributed by atoms with Gasteiger partial charge in [0, 0.05) is 19.5 Å². The molecular formula is CH2O2SZn. The summed E-state index contributed by atoms with van der Waals surface area (Å²) in [6.07, 6.45) is 0. The van der Waals surface area contributed by atoms with E-state index in [4.69, 9.17) is 9.90 Å². The molecule has 0 atom stereocenters. The van der Waals surface area contributed by atoms with E-state index in [0.717, 1.165) is 0 Å². The van der Waals surface area contributed by atoms with E-state index >= 15 is 0 Å². The maximum atomic E-state index is 8.86. The molecule has 0 heterocycles. The van der Waals surface area contributed by atoms with Crippen LogP contribution in [0.2, 0.25) is 0 Å². The Labute approximate surface area is 47.7 Å². The van der Waals surface area contributed by atoms with Crippen molar-refractivity contribution >= 4 is 17.9 Å². The predicted octanol–water partition coefficient (Wildman–Crippen LogP) is 0.592. The average Bonchev–Trinajstić information content (AvgIpc) is 0.811. The van der Waals surface area contributed by atoms with E-state index in [1.165, 1.54) is 0 Å². The van der Waals surface area contributed by atoms with E-state index in [0.29, 0.717) is 0 Å². The van der Waals surface area contributed by atoms with Crippen LogP contribution in [0, 0.1) is 0 Å². The van der Waals surface area contributed by atoms with Gasteiger partial charge < -0.3 is 5.11 Å². The number of carbonyl (C=O) groups is 1. The largest absolute Gasteiger partial charge is 0.473 e. The van der Waals surface area contributed by atoms with Crippen molar-refractivity contribution in [3.8, 4) is 0 Å². The molecule has 0 fully saturated rings. The molecule has 0 rings (SSSR count). The Hall–Kier alpha value is 0.443. The molecule has 26 valence electrons. The van der Waals surface area contributed by atoms with Gasteiger partial charge in [-0.05, 0) is 0 Å². The second-order valence-electron chi connectivity index (χ2n) is 0.283. The Morgan fingerprint density at radius 1 is 1.80 bits per heavy atom. The van der Waals surface area contributed by atoms with Crippen LogP contribution in [0.25, 0.3) is 0 Å². The van der Waals surface area contributed by atoms with Crippen LogP contribution in [-0.4, -0.2) is 10.4 Å². The monoisotopic (exact) mass is 142 g/mol. The van der Waals surface area contributed by atoms with E-state index in [-0.39, 0.29) is 19.5 Å². The number of hydrogen-bond acceptors (Lipinski definition) is 1. The fourth-order valence-corrected chi connectivity index (χ4v) is 0. The van der Waals surface area contributed by atoms with Gasteiger partial charge in [-0.2, -0.15) is 0 Å². The molecule has 4 heteroatoms. The molecule has 5 heavy (non-hydrogen) atoms. The van der Waals surface area contributed by atoms with Crippen molar-refractivity contribution in [3.05, 3.63) is 0 Å². The predicted molar refractivity (Wildman–Crippen MR) is 17.0 cm³/mol. The van der Waals surface area contributed by atoms with Gasteiger partial charge in [0.2, 0.25) is 0 Å². The van der Waals surface area contributed by atoms with E-state index in [1.807, 2.05) is 0 Å². The van der Waals surface area contributed by atoms with Gasteiger partial charge in [-0.1, -0.05) is 12.6 Å². The van der Waals surface area contributed by atoms with Crippen molar-refractivity contribution in [1.82, 2.24) is 0 Å². The molecular weight excluding hydrogens is 141 g/mol. The van der Waals surface area contributed by atoms with Crippen LogP contribution in [0.4, 0.5) is 4.79 Å². The summed E-state index contributed by atoms with van der Waals surface area (Å²) < 4.78 is 0. The molecule has 0 aliphatic rings. The molecule has 2 nitrogen and oxygen atoms in total. The average molecular weight is 143 g/mol. The van der Waals surface area contributed by atoms with Gasteiger partial charge in [0.15, 0.2) is 0 Å². The smallest absolute Gasteiger partial charge is 0.361 e. The van der Waals surface area contributed by atoms with Crippen LogP contribution in [0.1, 0.15) is 0 Å². The molecule has 0 saturated carbocycles. The molecule has 0 spiro atoms. The van der Waals surface area contributed by atoms with Crippen molar-refractivity contribution < 1.29 is 29.4 Å². The van der Waals surface area contributed by atoms with Crippen LogP contribution in [-0.2, 0) is 19.5 Å². The summed E-state index contributed by atoms with van der Waals surface area (Å²) >= 11 is 2.88. The van der Waals surface area contributed by atoms with E-state index in [2.05, 4.69) is 12.6 Å². The molecule has 0 saturated heterocycles. The van der Waals surface area contributed by atoms with Crippen LogP contribution >= 0.6 is 12.6 Å². The minimum absolute atomic E-state index is 0. The fourth-order valence-electron chi connectivity index (χ4n) is 0. The summed E-state index contributed by atoms with van der Waals surface area (Å²) in [5.41, 5.74) is 0. The molecule has 0 aliphatic heterocycles. The molecule has 0 aromatic carbocycles. The summed E-state index contributed by atoms with van der Waals surface area (Å²) in [5.74, 6) is 0. The molecule has 0 aliphatic carbocycles. The Kier molecular flexibility index (Phi) is 8.06. The summed E-state index contributed by atoms with van der Waals surface area (Å²) in [7, 11) is 0. The molecule has 0 radical (unpaired) electrons. The van der Waals surface area contributed by atoms with Crippen LogP contribution in [0.5, 0.6) is 0 Å². The van der Waals surface area contributed by atoms with Gasteiger partial charge in [-0.15, -0.1) is 0 Å². The summed E-state index contributed by atoms with van der Waals surface area (Å²) in [6, 6.07) is 0. The van der Waals surface area contributed by atoms with Gasteiger partial charge >= 0.3 is 5.30 Å². The topological polar surface area (TPSA) is 37.3 Å². The quantitative estimate of drug-likeness (QED) is 0.385. The number of carboxylic acid groups (broad SMARTS) is 1. The molecule has 0 unspecified atom stereocenters. The van der Waals surface area contributed by atoms with Crippen molar-refractivity contribution in [2.45, 2.75) is 0 Å². The first-order valence-corrected chi connectivity index (χ1v) is 1.10. The first-order chi connectivity index (χ1) is 1.73. The molecule has 0 aromatic rings. The van der Waals surface area contributed by atoms with Crippen LogP contribution < -0.4 is 0 Å². The first-order valence-electron chi connectivity index (χ1n) is 0.651. The minimum atomic E-state index is -1.14. The zero-order chi connectivity index (χ0) is 3.58. The molecule has 0 aromatic heterocycles. The van der Waals surface area contributed by atoms with Crippen molar-refractivity contribution in [2.24, 2.45) is 0 Å². The number of hydrogen-bond donors (Lipinski definition) is 2. The Morgan fingerprint density at radius 2 is 1.80 bits per heavy atom. The zero-order valence-electron chi connectivity index (χ0n) is 2.51. The fraction of sp³-hybridized carbons (Fsp3) is 0. The van der Waals surface area contributed by atoms with Gasteiger partial charge in [0.25, 0.3) is 0 Å². The van der Waals surface area contributed by atoms with Gasteiger partial charge in [0.05, 0.1) is 0 Å². The number of rotatable bonds is 0. The summed E-state index contributed by atoms with van der Waals surface area (Å²) in [4.78, 5) is 8.86. The van der Waals surface area contributed by atoms with Gasteiger partial charge in [-0.25, -0.2) is 4.79 Å². The molecule has 1 N–H and O–H groups in total. The van der Waals surface area contributed by atoms with Crippen molar-refractivity contribution in [3.63, 3.8) is 0 Å². The molecule has 0 bridgehead atoms. The third-order valence-electron chi connectivity index (χ3n) is 0. The van der Waals surface area contributed by atoms with E-state index in [9.17, 15) is 0 Å². The third-order valence-corrected chi connectivity index (χ3v) is 0. The maximum Gasteiger partial charge on any atom is 0.361 e. The van der Waals surface area contributed by atoms with Crippen molar-refractivity contribution in [2.75, 3.05) is 0 Å². The van der Waals surface area contributed by atoms with Crippen LogP contribution in [0.15, 0.2) is 0 Å². The number of thiol groups is 1. The van der Waals surface area contributed by atoms with E-state index in [1.54, 1.807) is 0 Å². The maximum absolute atomic E-state index is 8.86. The Bertz CT molecular complexity index is 32.6. The third kappa shape index (κ3) is 135. The van der Waals surface area contributed by atoms with Crippen LogP contribution in [0.3, 0.4) is 0 Å². The standard InChI is InChI=1S/CH2O2S.Zn/c2-1(3)4;/h4H,(H,2,3);. The zero-order valence-corrected chi connectivity index (χ0v) is 6.37. The SMILES string of the molecule is O=C(O)S.[Zn]. The van der Waals surface area contributed by atoms with Gasteiger partial charge in [0.1, 0.15) is 0 Å². The second kappa shape index (κ2) is 4.44. The van der Waals surface area contributed by atoms with Gasteiger partial charge in [-0.3, -0.25) is 0 Å². The van der Waals surface area contributed by atoms with Crippen molar-refractivity contribution in [1.29, 1.82) is 0 Å². The second-order valence-corrected chi connectivity index (χ2v) is 0.665. The Balaban J connectivity index is 0. The minimum Gasteiger partial charge on any atom is -0.473 e. The first kappa shape index (κ1) is 9.06. The summed E-state index contributed by atoms with van der Waals surface area (Å²) in [6.45, 7) is 0.